The minimum absolute atomic E-state index is 0.0185. The number of nitrogens with zero attached hydrogens (tertiary/aromatic N) is 6. The molecule has 0 saturated carbocycles. The fraction of sp³-hybridized carbons (Fsp3) is 0.344. The topological polar surface area (TPSA) is 95.7 Å². The number of halogens is 2. The summed E-state index contributed by atoms with van der Waals surface area (Å²) in [7, 11) is 0.0905. The molecule has 1 amide bonds. The van der Waals surface area contributed by atoms with Gasteiger partial charge in [-0.05, 0) is 79.4 Å². The number of benzene rings is 2. The molecule has 12 heteroatoms. The summed E-state index contributed by atoms with van der Waals surface area (Å²) in [6.45, 7) is 11.5. The number of rotatable bonds is 6. The van der Waals surface area contributed by atoms with Crippen LogP contribution in [0.5, 0.6) is 0 Å². The molecule has 0 spiro atoms. The van der Waals surface area contributed by atoms with Crippen LogP contribution in [0.4, 0.5) is 15.9 Å². The first kappa shape index (κ1) is 31.9. The summed E-state index contributed by atoms with van der Waals surface area (Å²) in [6.07, 6.45) is 1.29. The third-order valence-corrected chi connectivity index (χ3v) is 9.35. The first-order valence-corrected chi connectivity index (χ1v) is 16.3. The third kappa shape index (κ3) is 6.07. The summed E-state index contributed by atoms with van der Waals surface area (Å²) in [5.74, 6) is -0.144. The predicted octanol–water partition coefficient (Wildman–Crippen LogP) is 6.92. The standard InChI is InChI=1S/C32H38ClFN6O3S/c1-7-29(41)38-14-15-39(21(4)18-38)32-25-17-26(33)30(23-10-8-9-11-27(23)34)35-31(25)40(44(42,43)36-32)28-13-12-22(19-37(5)6)16-24(28)20(2)3/h7-13,16-17,20-21,42-43H,1,14-15,18-19H2,2-6H3. The lowest BCUT2D eigenvalue weighted by Crippen LogP contribution is -2.56. The van der Waals surface area contributed by atoms with Crippen molar-refractivity contribution in [2.75, 3.05) is 38.0 Å². The summed E-state index contributed by atoms with van der Waals surface area (Å²) >= 11 is 6.80. The Balaban J connectivity index is 1.72. The maximum atomic E-state index is 15.0. The lowest BCUT2D eigenvalue weighted by molar-refractivity contribution is -0.128. The van der Waals surface area contributed by atoms with Crippen molar-refractivity contribution < 1.29 is 18.3 Å². The highest BCUT2D eigenvalue weighted by Crippen LogP contribution is 2.58. The molecule has 5 rings (SSSR count). The quantitative estimate of drug-likeness (QED) is 0.282. The second kappa shape index (κ2) is 12.5. The van der Waals surface area contributed by atoms with Crippen molar-refractivity contribution in [3.8, 4) is 11.3 Å². The molecule has 0 bridgehead atoms. The van der Waals surface area contributed by atoms with Gasteiger partial charge in [0.2, 0.25) is 5.91 Å². The first-order chi connectivity index (χ1) is 20.8. The molecule has 1 saturated heterocycles. The molecule has 1 fully saturated rings. The Kier molecular flexibility index (Phi) is 9.06. The van der Waals surface area contributed by atoms with E-state index in [1.807, 2.05) is 51.9 Å². The van der Waals surface area contributed by atoms with Gasteiger partial charge in [0, 0.05) is 37.8 Å². The van der Waals surface area contributed by atoms with Gasteiger partial charge in [0.15, 0.2) is 11.7 Å². The van der Waals surface area contributed by atoms with Crippen LogP contribution in [0.15, 0.2) is 65.6 Å². The number of hydrogen-bond donors (Lipinski definition) is 2. The number of amidine groups is 1. The molecule has 1 unspecified atom stereocenters. The molecule has 2 aliphatic rings. The summed E-state index contributed by atoms with van der Waals surface area (Å²) < 4.78 is 44.6. The van der Waals surface area contributed by atoms with Crippen LogP contribution in [0.1, 0.15) is 43.4 Å². The van der Waals surface area contributed by atoms with E-state index in [-0.39, 0.29) is 40.0 Å². The monoisotopic (exact) mass is 640 g/mol. The Morgan fingerprint density at radius 3 is 2.55 bits per heavy atom. The van der Waals surface area contributed by atoms with E-state index in [1.165, 1.54) is 16.4 Å². The number of carbonyl (C=O) groups excluding carboxylic acids is 1. The number of carbonyl (C=O) groups is 1. The van der Waals surface area contributed by atoms with Gasteiger partial charge in [-0.25, -0.2) is 13.7 Å². The van der Waals surface area contributed by atoms with Crippen molar-refractivity contribution in [1.82, 2.24) is 19.7 Å². The van der Waals surface area contributed by atoms with Crippen LogP contribution in [0.3, 0.4) is 0 Å². The third-order valence-electron chi connectivity index (χ3n) is 7.79. The molecule has 3 aromatic rings. The van der Waals surface area contributed by atoms with Crippen LogP contribution >= 0.6 is 22.6 Å². The molecule has 2 aliphatic heterocycles. The molecule has 9 nitrogen and oxygen atoms in total. The first-order valence-electron chi connectivity index (χ1n) is 14.4. The van der Waals surface area contributed by atoms with Gasteiger partial charge >= 0.3 is 0 Å². The Morgan fingerprint density at radius 2 is 1.91 bits per heavy atom. The lowest BCUT2D eigenvalue weighted by Gasteiger charge is -2.48. The summed E-state index contributed by atoms with van der Waals surface area (Å²) in [5, 5.41) is 0.193. The van der Waals surface area contributed by atoms with E-state index >= 15 is 4.39 Å². The van der Waals surface area contributed by atoms with Crippen LogP contribution in [0.25, 0.3) is 11.3 Å². The van der Waals surface area contributed by atoms with Gasteiger partial charge in [0.05, 0.1) is 22.0 Å². The molecule has 44 heavy (non-hydrogen) atoms. The average molecular weight is 641 g/mol. The van der Waals surface area contributed by atoms with E-state index in [4.69, 9.17) is 16.6 Å². The minimum atomic E-state index is -3.89. The largest absolute Gasteiger partial charge is 0.348 e. The molecular weight excluding hydrogens is 603 g/mol. The van der Waals surface area contributed by atoms with E-state index in [2.05, 4.69) is 21.9 Å². The van der Waals surface area contributed by atoms with E-state index in [9.17, 15) is 13.9 Å². The zero-order valence-corrected chi connectivity index (χ0v) is 27.1. The van der Waals surface area contributed by atoms with Crippen LogP contribution < -0.4 is 4.31 Å². The van der Waals surface area contributed by atoms with Crippen LogP contribution in [-0.2, 0) is 11.3 Å². The normalized spacial score (nSPS) is 18.8. The second-order valence-corrected chi connectivity index (χ2v) is 13.6. The molecule has 3 heterocycles. The number of pyridine rings is 1. The highest BCUT2D eigenvalue weighted by molar-refractivity contribution is 8.24. The van der Waals surface area contributed by atoms with Crippen molar-refractivity contribution in [3.05, 3.63) is 88.7 Å². The number of hydrogen-bond acceptors (Lipinski definition) is 8. The predicted molar refractivity (Wildman–Crippen MR) is 177 cm³/mol. The van der Waals surface area contributed by atoms with E-state index < -0.39 is 16.8 Å². The van der Waals surface area contributed by atoms with Gasteiger partial charge in [-0.2, -0.15) is 0 Å². The fourth-order valence-electron chi connectivity index (χ4n) is 5.73. The van der Waals surface area contributed by atoms with Crippen molar-refractivity contribution in [2.45, 2.75) is 39.3 Å². The van der Waals surface area contributed by atoms with Gasteiger partial charge in [-0.15, -0.1) is 4.40 Å². The number of anilines is 2. The summed E-state index contributed by atoms with van der Waals surface area (Å²) in [6, 6.07) is 13.5. The lowest BCUT2D eigenvalue weighted by atomic mass is 9.98. The van der Waals surface area contributed by atoms with Crippen molar-refractivity contribution in [2.24, 2.45) is 4.40 Å². The van der Waals surface area contributed by atoms with Crippen LogP contribution in [0, 0.1) is 5.82 Å². The Hall–Kier alpha value is -3.48. The van der Waals surface area contributed by atoms with Gasteiger partial charge in [-0.3, -0.25) is 13.9 Å². The molecule has 1 aromatic heterocycles. The fourth-order valence-corrected chi connectivity index (χ4v) is 7.30. The number of fused-ring (bicyclic) bond motifs is 1. The average Bonchev–Trinajstić information content (AvgIpc) is 2.96. The molecule has 0 radical (unpaired) electrons. The second-order valence-electron chi connectivity index (χ2n) is 11.7. The van der Waals surface area contributed by atoms with Crippen molar-refractivity contribution in [1.29, 1.82) is 0 Å². The number of amides is 1. The molecule has 1 atom stereocenters. The highest BCUT2D eigenvalue weighted by atomic mass is 35.5. The number of aromatic nitrogens is 1. The van der Waals surface area contributed by atoms with E-state index in [0.29, 0.717) is 43.3 Å². The smallest absolute Gasteiger partial charge is 0.246 e. The van der Waals surface area contributed by atoms with Crippen molar-refractivity contribution >= 4 is 45.8 Å². The Labute approximate surface area is 264 Å². The highest BCUT2D eigenvalue weighted by Gasteiger charge is 2.41. The van der Waals surface area contributed by atoms with Gasteiger partial charge in [0.25, 0.3) is 0 Å². The van der Waals surface area contributed by atoms with Gasteiger partial charge in [-0.1, -0.05) is 56.3 Å². The Bertz CT molecular complexity index is 1630. The molecule has 2 aromatic carbocycles. The molecular formula is C32H38ClFN6O3S. The molecule has 2 N–H and O–H groups in total. The molecule has 234 valence electrons. The maximum absolute atomic E-state index is 15.0. The zero-order valence-electron chi connectivity index (χ0n) is 25.5. The van der Waals surface area contributed by atoms with Gasteiger partial charge < -0.3 is 14.7 Å². The minimum Gasteiger partial charge on any atom is -0.348 e. The molecule has 0 aliphatic carbocycles. The van der Waals surface area contributed by atoms with Crippen LogP contribution in [-0.4, -0.2) is 80.3 Å². The zero-order chi connectivity index (χ0) is 31.9. The van der Waals surface area contributed by atoms with Gasteiger partial charge in [0.1, 0.15) is 5.82 Å². The van der Waals surface area contributed by atoms with E-state index in [0.717, 1.165) is 11.1 Å². The van der Waals surface area contributed by atoms with E-state index in [1.54, 1.807) is 29.2 Å². The SMILES string of the molecule is C=CC(=O)N1CCN(C2=NS(O)(O)N(c3ccc(CN(C)C)cc3C(C)C)c3nc(-c4ccccc4F)c(Cl)cc32)C(C)C1. The maximum Gasteiger partial charge on any atom is 0.246 e. The van der Waals surface area contributed by atoms with Crippen molar-refractivity contribution in [3.63, 3.8) is 0 Å². The number of piperazine rings is 1. The van der Waals surface area contributed by atoms with Crippen LogP contribution in [0.2, 0.25) is 5.02 Å². The Morgan fingerprint density at radius 1 is 1.18 bits per heavy atom. The summed E-state index contributed by atoms with van der Waals surface area (Å²) in [4.78, 5) is 22.9. The summed E-state index contributed by atoms with van der Waals surface area (Å²) in [5.41, 5.74) is 3.32.